The van der Waals surface area contributed by atoms with Crippen molar-refractivity contribution in [2.24, 2.45) is 0 Å². The number of unbranched alkanes of at least 4 members (excludes halogenated alkanes) is 5. The molecule has 0 radical (unpaired) electrons. The van der Waals surface area contributed by atoms with E-state index in [9.17, 15) is 8.42 Å². The summed E-state index contributed by atoms with van der Waals surface area (Å²) >= 11 is 0. The third-order valence-corrected chi connectivity index (χ3v) is 7.10. The summed E-state index contributed by atoms with van der Waals surface area (Å²) in [6.07, 6.45) is 7.94. The molecule has 5 heteroatoms. The molecular weight excluding hydrogens is 336 g/mol. The van der Waals surface area contributed by atoms with Gasteiger partial charge in [-0.1, -0.05) is 63.6 Å². The van der Waals surface area contributed by atoms with Gasteiger partial charge in [-0.05, 0) is 25.5 Å². The van der Waals surface area contributed by atoms with E-state index in [1.165, 1.54) is 25.7 Å². The van der Waals surface area contributed by atoms with Gasteiger partial charge in [0.1, 0.15) is 0 Å². The normalized spacial score (nSPS) is 18.3. The first-order valence-corrected chi connectivity index (χ1v) is 11.1. The van der Waals surface area contributed by atoms with E-state index in [0.29, 0.717) is 31.0 Å². The van der Waals surface area contributed by atoms with Gasteiger partial charge < -0.3 is 9.47 Å². The predicted octanol–water partition coefficient (Wildman–Crippen LogP) is 4.73. The highest BCUT2D eigenvalue weighted by atomic mass is 32.2. The van der Waals surface area contributed by atoms with E-state index in [2.05, 4.69) is 6.92 Å². The zero-order valence-corrected chi connectivity index (χ0v) is 16.4. The molecule has 1 aliphatic heterocycles. The fourth-order valence-corrected chi connectivity index (χ4v) is 5.33. The maximum atomic E-state index is 13.1. The molecule has 0 amide bonds. The van der Waals surface area contributed by atoms with Crippen molar-refractivity contribution in [1.82, 2.24) is 0 Å². The van der Waals surface area contributed by atoms with Crippen LogP contribution in [-0.4, -0.2) is 32.7 Å². The molecule has 0 saturated carbocycles. The van der Waals surface area contributed by atoms with Gasteiger partial charge in [-0.2, -0.15) is 0 Å². The highest BCUT2D eigenvalue weighted by Gasteiger charge is 2.39. The van der Waals surface area contributed by atoms with Gasteiger partial charge in [-0.25, -0.2) is 8.42 Å². The van der Waals surface area contributed by atoms with E-state index in [0.717, 1.165) is 12.8 Å². The number of hydrogen-bond donors (Lipinski definition) is 0. The molecule has 4 nitrogen and oxygen atoms in total. The van der Waals surface area contributed by atoms with E-state index in [1.54, 1.807) is 24.3 Å². The molecule has 142 valence electrons. The molecule has 25 heavy (non-hydrogen) atoms. The Labute approximate surface area is 152 Å². The van der Waals surface area contributed by atoms with E-state index in [-0.39, 0.29) is 0 Å². The second-order valence-electron chi connectivity index (χ2n) is 7.07. The Morgan fingerprint density at radius 3 is 2.24 bits per heavy atom. The summed E-state index contributed by atoms with van der Waals surface area (Å²) in [6.45, 7) is 5.12. The molecule has 0 bridgehead atoms. The average molecular weight is 369 g/mol. The fourth-order valence-electron chi connectivity index (χ4n) is 3.41. The van der Waals surface area contributed by atoms with Crippen LogP contribution in [0.15, 0.2) is 35.2 Å². The van der Waals surface area contributed by atoms with Gasteiger partial charge in [0.2, 0.25) is 0 Å². The van der Waals surface area contributed by atoms with Crippen LogP contribution in [0.1, 0.15) is 65.2 Å². The molecule has 1 fully saturated rings. The fraction of sp³-hybridized carbons (Fsp3) is 0.700. The highest BCUT2D eigenvalue weighted by Crippen LogP contribution is 2.32. The molecular formula is C20H32O4S. The van der Waals surface area contributed by atoms with Gasteiger partial charge in [0.15, 0.2) is 15.6 Å². The standard InChI is InChI=1S/C20H32O4S/c1-3-4-5-6-7-9-14-19(17-20(2)23-15-16-24-20)25(21,22)18-12-10-8-11-13-18/h8,10-13,19H,3-7,9,14-17H2,1-2H3. The second kappa shape index (κ2) is 9.70. The highest BCUT2D eigenvalue weighted by molar-refractivity contribution is 7.92. The molecule has 1 saturated heterocycles. The van der Waals surface area contributed by atoms with E-state index >= 15 is 0 Å². The number of hydrogen-bond acceptors (Lipinski definition) is 4. The molecule has 2 rings (SSSR count). The topological polar surface area (TPSA) is 52.6 Å². The van der Waals surface area contributed by atoms with Gasteiger partial charge >= 0.3 is 0 Å². The SMILES string of the molecule is CCCCCCCCC(CC1(C)OCCO1)S(=O)(=O)c1ccccc1. The number of rotatable bonds is 11. The van der Waals surface area contributed by atoms with Crippen LogP contribution in [0.4, 0.5) is 0 Å². The third-order valence-electron chi connectivity index (χ3n) is 4.89. The largest absolute Gasteiger partial charge is 0.348 e. The van der Waals surface area contributed by atoms with E-state index < -0.39 is 20.9 Å². The Morgan fingerprint density at radius 1 is 1.00 bits per heavy atom. The van der Waals surface area contributed by atoms with Crippen LogP contribution < -0.4 is 0 Å². The van der Waals surface area contributed by atoms with Gasteiger partial charge in [-0.3, -0.25) is 0 Å². The zero-order chi connectivity index (χ0) is 18.2. The van der Waals surface area contributed by atoms with E-state index in [1.807, 2.05) is 13.0 Å². The van der Waals surface area contributed by atoms with Crippen molar-refractivity contribution in [3.8, 4) is 0 Å². The molecule has 0 aliphatic carbocycles. The predicted molar refractivity (Wildman–Crippen MR) is 100 cm³/mol. The lowest BCUT2D eigenvalue weighted by atomic mass is 10.0. The molecule has 1 atom stereocenters. The summed E-state index contributed by atoms with van der Waals surface area (Å²) < 4.78 is 37.6. The van der Waals surface area contributed by atoms with Crippen LogP contribution in [0.3, 0.4) is 0 Å². The molecule has 1 heterocycles. The third kappa shape index (κ3) is 6.08. The summed E-state index contributed by atoms with van der Waals surface area (Å²) in [7, 11) is -3.38. The van der Waals surface area contributed by atoms with Gasteiger partial charge in [0.25, 0.3) is 0 Å². The zero-order valence-electron chi connectivity index (χ0n) is 15.6. The van der Waals surface area contributed by atoms with Crippen molar-refractivity contribution in [3.05, 3.63) is 30.3 Å². The first-order chi connectivity index (χ1) is 12.0. The van der Waals surface area contributed by atoms with Crippen molar-refractivity contribution >= 4 is 9.84 Å². The summed E-state index contributed by atoms with van der Waals surface area (Å²) in [4.78, 5) is 0.396. The lowest BCUT2D eigenvalue weighted by Gasteiger charge is -2.28. The number of benzene rings is 1. The molecule has 1 aromatic rings. The lowest BCUT2D eigenvalue weighted by molar-refractivity contribution is -0.146. The summed E-state index contributed by atoms with van der Waals surface area (Å²) in [6, 6.07) is 8.76. The van der Waals surface area contributed by atoms with Crippen LogP contribution >= 0.6 is 0 Å². The van der Waals surface area contributed by atoms with Crippen molar-refractivity contribution in [2.75, 3.05) is 13.2 Å². The second-order valence-corrected chi connectivity index (χ2v) is 9.30. The van der Waals surface area contributed by atoms with Crippen LogP contribution in [0.25, 0.3) is 0 Å². The Bertz CT molecular complexity index is 591. The average Bonchev–Trinajstić information content (AvgIpc) is 3.04. The van der Waals surface area contributed by atoms with Crippen LogP contribution in [0.5, 0.6) is 0 Å². The van der Waals surface area contributed by atoms with Crippen molar-refractivity contribution in [3.63, 3.8) is 0 Å². The lowest BCUT2D eigenvalue weighted by Crippen LogP contribution is -2.35. The molecule has 0 spiro atoms. The molecule has 0 aromatic heterocycles. The summed E-state index contributed by atoms with van der Waals surface area (Å²) in [5.74, 6) is -0.783. The quantitative estimate of drug-likeness (QED) is 0.530. The number of sulfone groups is 1. The minimum Gasteiger partial charge on any atom is -0.348 e. The minimum atomic E-state index is -3.38. The Kier molecular flexibility index (Phi) is 7.91. The van der Waals surface area contributed by atoms with Crippen molar-refractivity contribution in [1.29, 1.82) is 0 Å². The molecule has 0 N–H and O–H groups in total. The maximum Gasteiger partial charge on any atom is 0.181 e. The Morgan fingerprint density at radius 2 is 1.60 bits per heavy atom. The molecule has 1 aliphatic rings. The van der Waals surface area contributed by atoms with Crippen LogP contribution in [0, 0.1) is 0 Å². The molecule has 1 aromatic carbocycles. The smallest absolute Gasteiger partial charge is 0.181 e. The molecule has 1 unspecified atom stereocenters. The van der Waals surface area contributed by atoms with Crippen molar-refractivity contribution < 1.29 is 17.9 Å². The maximum absolute atomic E-state index is 13.1. The monoisotopic (exact) mass is 368 g/mol. The summed E-state index contributed by atoms with van der Waals surface area (Å²) in [5.41, 5.74) is 0. The van der Waals surface area contributed by atoms with Gasteiger partial charge in [0.05, 0.1) is 23.4 Å². The first-order valence-electron chi connectivity index (χ1n) is 9.55. The van der Waals surface area contributed by atoms with Crippen molar-refractivity contribution in [2.45, 2.75) is 81.1 Å². The first kappa shape index (κ1) is 20.4. The minimum absolute atomic E-state index is 0.388. The van der Waals surface area contributed by atoms with Gasteiger partial charge in [0, 0.05) is 6.42 Å². The van der Waals surface area contributed by atoms with E-state index in [4.69, 9.17) is 9.47 Å². The summed E-state index contributed by atoms with van der Waals surface area (Å²) in [5, 5.41) is -0.468. The number of ether oxygens (including phenoxy) is 2. The Balaban J connectivity index is 2.03. The van der Waals surface area contributed by atoms with Gasteiger partial charge in [-0.15, -0.1) is 0 Å². The van der Waals surface area contributed by atoms with Crippen LogP contribution in [0.2, 0.25) is 0 Å². The van der Waals surface area contributed by atoms with Crippen LogP contribution in [-0.2, 0) is 19.3 Å². The Hall–Kier alpha value is -0.910.